The molecule has 0 aliphatic rings. The third-order valence-electron chi connectivity index (χ3n) is 2.84. The molecule has 0 bridgehead atoms. The summed E-state index contributed by atoms with van der Waals surface area (Å²) in [6.07, 6.45) is 0. The summed E-state index contributed by atoms with van der Waals surface area (Å²) in [5, 5.41) is 0.465. The van der Waals surface area contributed by atoms with Crippen LogP contribution in [0.3, 0.4) is 0 Å². The van der Waals surface area contributed by atoms with Crippen LogP contribution in [0.1, 0.15) is 30.0 Å². The van der Waals surface area contributed by atoms with Gasteiger partial charge in [0.15, 0.2) is 5.82 Å². The van der Waals surface area contributed by atoms with Crippen LogP contribution in [0.25, 0.3) is 0 Å². The Bertz CT molecular complexity index is 606. The number of hydrogen-bond donors (Lipinski definition) is 1. The van der Waals surface area contributed by atoms with E-state index in [1.54, 1.807) is 32.9 Å². The third kappa shape index (κ3) is 2.65. The Hall–Kier alpha value is -1.39. The zero-order valence-corrected chi connectivity index (χ0v) is 12.4. The van der Waals surface area contributed by atoms with Crippen LogP contribution in [-0.4, -0.2) is 15.0 Å². The number of benzene rings is 1. The van der Waals surface area contributed by atoms with Gasteiger partial charge < -0.3 is 5.73 Å². The Kier molecular flexibility index (Phi) is 3.65. The normalized spacial score (nSPS) is 14.2. The molecule has 1 heterocycles. The van der Waals surface area contributed by atoms with Crippen molar-refractivity contribution in [3.05, 3.63) is 46.3 Å². The number of halogens is 2. The van der Waals surface area contributed by atoms with Gasteiger partial charge in [-0.15, -0.1) is 11.6 Å². The Labute approximate surface area is 122 Å². The van der Waals surface area contributed by atoms with Crippen LogP contribution < -0.4 is 5.73 Å². The Morgan fingerprint density at radius 2 is 1.68 bits per heavy atom. The number of nitrogen functional groups attached to an aromatic ring is 1. The average Bonchev–Trinajstić information content (AvgIpc) is 2.31. The van der Waals surface area contributed by atoms with Crippen molar-refractivity contribution in [1.82, 2.24) is 15.0 Å². The van der Waals surface area contributed by atoms with Crippen molar-refractivity contribution < 1.29 is 0 Å². The SMILES string of the molecule is Cc1nc(C)nc(C(C)(Cl)c2cccc(Cl)c2N)n1. The van der Waals surface area contributed by atoms with Crippen molar-refractivity contribution in [2.75, 3.05) is 5.73 Å². The van der Waals surface area contributed by atoms with Crippen molar-refractivity contribution in [3.63, 3.8) is 0 Å². The van der Waals surface area contributed by atoms with E-state index in [4.69, 9.17) is 28.9 Å². The first-order chi connectivity index (χ1) is 8.82. The van der Waals surface area contributed by atoms with Crippen LogP contribution >= 0.6 is 23.2 Å². The summed E-state index contributed by atoms with van der Waals surface area (Å²) in [5.41, 5.74) is 7.12. The summed E-state index contributed by atoms with van der Waals surface area (Å²) >= 11 is 12.6. The fourth-order valence-corrected chi connectivity index (χ4v) is 2.32. The second-order valence-electron chi connectivity index (χ2n) is 4.46. The number of nitrogens with two attached hydrogens (primary N) is 1. The summed E-state index contributed by atoms with van der Waals surface area (Å²) in [7, 11) is 0. The summed E-state index contributed by atoms with van der Waals surface area (Å²) in [6, 6.07) is 5.34. The standard InChI is InChI=1S/C13H14Cl2N4/c1-7-17-8(2)19-12(18-7)13(3,15)9-5-4-6-10(14)11(9)16/h4-6H,16H2,1-3H3. The molecule has 0 fully saturated rings. The number of aryl methyl sites for hydroxylation is 2. The van der Waals surface area contributed by atoms with Crippen LogP contribution in [0.15, 0.2) is 18.2 Å². The second-order valence-corrected chi connectivity index (χ2v) is 5.62. The number of aromatic nitrogens is 3. The summed E-state index contributed by atoms with van der Waals surface area (Å²) in [6.45, 7) is 5.39. The van der Waals surface area contributed by atoms with Crippen LogP contribution in [0.2, 0.25) is 5.02 Å². The lowest BCUT2D eigenvalue weighted by molar-refractivity contribution is 0.706. The first kappa shape index (κ1) is 14.0. The third-order valence-corrected chi connectivity index (χ3v) is 3.54. The fourth-order valence-electron chi connectivity index (χ4n) is 1.89. The number of alkyl halides is 1. The molecule has 0 radical (unpaired) electrons. The molecule has 100 valence electrons. The van der Waals surface area contributed by atoms with E-state index in [0.29, 0.717) is 33.7 Å². The van der Waals surface area contributed by atoms with Crippen molar-refractivity contribution in [2.24, 2.45) is 0 Å². The van der Waals surface area contributed by atoms with Gasteiger partial charge in [-0.1, -0.05) is 23.7 Å². The highest BCUT2D eigenvalue weighted by atomic mass is 35.5. The number of nitrogens with zero attached hydrogens (tertiary/aromatic N) is 3. The lowest BCUT2D eigenvalue weighted by atomic mass is 9.97. The fraction of sp³-hybridized carbons (Fsp3) is 0.308. The molecule has 0 aliphatic carbocycles. The smallest absolute Gasteiger partial charge is 0.157 e. The van der Waals surface area contributed by atoms with E-state index < -0.39 is 4.87 Å². The molecule has 2 aromatic rings. The van der Waals surface area contributed by atoms with Gasteiger partial charge in [0.05, 0.1) is 10.7 Å². The Balaban J connectivity index is 2.61. The molecular formula is C13H14Cl2N4. The van der Waals surface area contributed by atoms with Crippen molar-refractivity contribution in [3.8, 4) is 0 Å². The Morgan fingerprint density at radius 1 is 1.11 bits per heavy atom. The average molecular weight is 297 g/mol. The highest BCUT2D eigenvalue weighted by molar-refractivity contribution is 6.34. The first-order valence-corrected chi connectivity index (χ1v) is 6.51. The molecule has 1 aromatic heterocycles. The number of anilines is 1. The van der Waals surface area contributed by atoms with Crippen LogP contribution in [0.4, 0.5) is 5.69 Å². The van der Waals surface area contributed by atoms with Gasteiger partial charge in [0.1, 0.15) is 16.5 Å². The minimum atomic E-state index is -0.951. The zero-order chi connectivity index (χ0) is 14.2. The van der Waals surface area contributed by atoms with E-state index >= 15 is 0 Å². The minimum Gasteiger partial charge on any atom is -0.397 e. The maximum absolute atomic E-state index is 6.62. The van der Waals surface area contributed by atoms with E-state index in [2.05, 4.69) is 15.0 Å². The van der Waals surface area contributed by atoms with E-state index in [-0.39, 0.29) is 0 Å². The summed E-state index contributed by atoms with van der Waals surface area (Å²) in [5.74, 6) is 1.71. The van der Waals surface area contributed by atoms with E-state index in [9.17, 15) is 0 Å². The molecular weight excluding hydrogens is 283 g/mol. The van der Waals surface area contributed by atoms with Crippen molar-refractivity contribution in [1.29, 1.82) is 0 Å². The van der Waals surface area contributed by atoms with Crippen molar-refractivity contribution >= 4 is 28.9 Å². The molecule has 0 spiro atoms. The molecule has 0 amide bonds. The maximum atomic E-state index is 6.62. The van der Waals surface area contributed by atoms with Gasteiger partial charge in [0.25, 0.3) is 0 Å². The predicted molar refractivity (Wildman–Crippen MR) is 77.5 cm³/mol. The number of rotatable bonds is 2. The molecule has 1 unspecified atom stereocenters. The molecule has 2 rings (SSSR count). The lowest BCUT2D eigenvalue weighted by Gasteiger charge is -2.23. The summed E-state index contributed by atoms with van der Waals surface area (Å²) in [4.78, 5) is 11.8. The molecule has 19 heavy (non-hydrogen) atoms. The van der Waals surface area contributed by atoms with E-state index in [1.165, 1.54) is 0 Å². The topological polar surface area (TPSA) is 64.7 Å². The van der Waals surface area contributed by atoms with Gasteiger partial charge in [-0.05, 0) is 26.8 Å². The van der Waals surface area contributed by atoms with Gasteiger partial charge in [0, 0.05) is 5.56 Å². The number of para-hydroxylation sites is 1. The van der Waals surface area contributed by atoms with Gasteiger partial charge in [-0.2, -0.15) is 0 Å². The maximum Gasteiger partial charge on any atom is 0.157 e. The molecule has 0 aliphatic heterocycles. The minimum absolute atomic E-state index is 0.442. The van der Waals surface area contributed by atoms with Gasteiger partial charge in [-0.25, -0.2) is 15.0 Å². The largest absolute Gasteiger partial charge is 0.397 e. The molecule has 0 saturated heterocycles. The molecule has 4 nitrogen and oxygen atoms in total. The quantitative estimate of drug-likeness (QED) is 0.682. The molecule has 2 N–H and O–H groups in total. The number of hydrogen-bond acceptors (Lipinski definition) is 4. The van der Waals surface area contributed by atoms with Crippen molar-refractivity contribution in [2.45, 2.75) is 25.6 Å². The highest BCUT2D eigenvalue weighted by Gasteiger charge is 2.32. The molecule has 0 saturated carbocycles. The monoisotopic (exact) mass is 296 g/mol. The van der Waals surface area contributed by atoms with E-state index in [1.807, 2.05) is 6.07 Å². The predicted octanol–water partition coefficient (Wildman–Crippen LogP) is 3.23. The molecule has 1 aromatic carbocycles. The highest BCUT2D eigenvalue weighted by Crippen LogP contribution is 2.39. The van der Waals surface area contributed by atoms with Crippen LogP contribution in [0.5, 0.6) is 0 Å². The second kappa shape index (κ2) is 4.94. The van der Waals surface area contributed by atoms with Gasteiger partial charge >= 0.3 is 0 Å². The molecule has 1 atom stereocenters. The van der Waals surface area contributed by atoms with Gasteiger partial charge in [-0.3, -0.25) is 0 Å². The van der Waals surface area contributed by atoms with Crippen LogP contribution in [0, 0.1) is 13.8 Å². The van der Waals surface area contributed by atoms with Gasteiger partial charge in [0.2, 0.25) is 0 Å². The summed E-state index contributed by atoms with van der Waals surface area (Å²) < 4.78 is 0. The van der Waals surface area contributed by atoms with Crippen LogP contribution in [-0.2, 0) is 4.87 Å². The molecule has 6 heteroatoms. The van der Waals surface area contributed by atoms with E-state index in [0.717, 1.165) is 0 Å². The first-order valence-electron chi connectivity index (χ1n) is 5.75. The lowest BCUT2D eigenvalue weighted by Crippen LogP contribution is -2.22. The zero-order valence-electron chi connectivity index (χ0n) is 10.9. The Morgan fingerprint density at radius 3 is 2.26 bits per heavy atom.